The van der Waals surface area contributed by atoms with E-state index in [1.165, 1.54) is 0 Å². The predicted molar refractivity (Wildman–Crippen MR) is 52.1 cm³/mol. The van der Waals surface area contributed by atoms with Crippen LogP contribution in [0.4, 0.5) is 23.0 Å². The SMILES string of the molecule is CN[N+]#[N+]c1ccccc1.F[B-](F)(F)F. The van der Waals surface area contributed by atoms with Gasteiger partial charge in [-0.3, -0.25) is 0 Å². The van der Waals surface area contributed by atoms with Gasteiger partial charge >= 0.3 is 18.0 Å². The Morgan fingerprint density at radius 2 is 1.53 bits per heavy atom. The van der Waals surface area contributed by atoms with Gasteiger partial charge in [0.15, 0.2) is 4.98 Å². The minimum atomic E-state index is -6.00. The molecule has 0 aliphatic rings. The van der Waals surface area contributed by atoms with Gasteiger partial charge in [0.1, 0.15) is 7.05 Å². The quantitative estimate of drug-likeness (QED) is 0.308. The highest BCUT2D eigenvalue weighted by Gasteiger charge is 2.20. The molecule has 15 heavy (non-hydrogen) atoms. The summed E-state index contributed by atoms with van der Waals surface area (Å²) in [6.45, 7) is 0. The van der Waals surface area contributed by atoms with Crippen LogP contribution >= 0.6 is 0 Å². The van der Waals surface area contributed by atoms with E-state index in [0.717, 1.165) is 5.69 Å². The average Bonchev–Trinajstić information content (AvgIpc) is 2.14. The highest BCUT2D eigenvalue weighted by Crippen LogP contribution is 2.08. The second kappa shape index (κ2) is 6.65. The molecule has 0 spiro atoms. The van der Waals surface area contributed by atoms with E-state index in [9.17, 15) is 17.3 Å². The van der Waals surface area contributed by atoms with Crippen LogP contribution in [0.25, 0.3) is 10.1 Å². The molecule has 1 aromatic carbocycles. The molecule has 1 aromatic rings. The molecule has 0 heterocycles. The van der Waals surface area contributed by atoms with E-state index in [0.29, 0.717) is 0 Å². The predicted octanol–water partition coefficient (Wildman–Crippen LogP) is 3.41. The topological polar surface area (TPSA) is 20.8 Å². The summed E-state index contributed by atoms with van der Waals surface area (Å²) in [7, 11) is -4.29. The minimum Gasteiger partial charge on any atom is -0.418 e. The Labute approximate surface area is 84.0 Å². The van der Waals surface area contributed by atoms with E-state index in [1.807, 2.05) is 30.3 Å². The smallest absolute Gasteiger partial charge is 0.418 e. The third-order valence-corrected chi connectivity index (χ3v) is 1.02. The molecule has 0 fully saturated rings. The molecule has 3 nitrogen and oxygen atoms in total. The third-order valence-electron chi connectivity index (χ3n) is 1.02. The van der Waals surface area contributed by atoms with Crippen molar-refractivity contribution >= 4 is 12.9 Å². The number of rotatable bonds is 0. The van der Waals surface area contributed by atoms with Gasteiger partial charge in [-0.25, -0.2) is 0 Å². The van der Waals surface area contributed by atoms with Gasteiger partial charge in [0.05, 0.1) is 5.43 Å². The highest BCUT2D eigenvalue weighted by molar-refractivity contribution is 6.50. The van der Waals surface area contributed by atoms with Crippen LogP contribution in [0.3, 0.4) is 0 Å². The lowest BCUT2D eigenvalue weighted by Gasteiger charge is -1.94. The zero-order valence-electron chi connectivity index (χ0n) is 7.87. The second-order valence-corrected chi connectivity index (χ2v) is 2.25. The lowest BCUT2D eigenvalue weighted by molar-refractivity contribution is 0.368. The van der Waals surface area contributed by atoms with Crippen LogP contribution in [0.5, 0.6) is 0 Å². The molecule has 0 aliphatic carbocycles. The van der Waals surface area contributed by atoms with Gasteiger partial charge in [0.25, 0.3) is 0 Å². The molecule has 0 radical (unpaired) electrons. The fraction of sp³-hybridized carbons (Fsp3) is 0.143. The normalized spacial score (nSPS) is 9.13. The van der Waals surface area contributed by atoms with Gasteiger partial charge < -0.3 is 17.3 Å². The summed E-state index contributed by atoms with van der Waals surface area (Å²) in [5.41, 5.74) is 3.43. The first kappa shape index (κ1) is 13.2. The van der Waals surface area contributed by atoms with Crippen LogP contribution in [-0.2, 0) is 0 Å². The monoisotopic (exact) mass is 222 g/mol. The Bertz CT molecular complexity index is 324. The minimum absolute atomic E-state index is 0.858. The number of diazo groups is 1. The lowest BCUT2D eigenvalue weighted by Crippen LogP contribution is -2.02. The van der Waals surface area contributed by atoms with E-state index in [2.05, 4.69) is 15.5 Å². The molecule has 0 aliphatic heterocycles. The maximum Gasteiger partial charge on any atom is 0.673 e. The van der Waals surface area contributed by atoms with Crippen molar-refractivity contribution in [3.05, 3.63) is 40.4 Å². The zero-order chi connectivity index (χ0) is 11.7. The van der Waals surface area contributed by atoms with Crippen molar-refractivity contribution < 1.29 is 17.3 Å². The van der Waals surface area contributed by atoms with Crippen LogP contribution in [0.15, 0.2) is 30.3 Å². The first-order valence-electron chi connectivity index (χ1n) is 3.93. The number of hydrogen-bond acceptors (Lipinski definition) is 1. The van der Waals surface area contributed by atoms with Crippen LogP contribution in [-0.4, -0.2) is 14.3 Å². The van der Waals surface area contributed by atoms with E-state index < -0.39 is 7.25 Å². The van der Waals surface area contributed by atoms with Crippen LogP contribution in [0.1, 0.15) is 0 Å². The van der Waals surface area contributed by atoms with Crippen LogP contribution < -0.4 is 5.43 Å². The molecule has 0 atom stereocenters. The molecule has 1 N–H and O–H groups in total. The number of nitrogens with one attached hydrogen (secondary N) is 1. The van der Waals surface area contributed by atoms with Crippen molar-refractivity contribution in [3.8, 4) is 0 Å². The molecule has 0 saturated carbocycles. The highest BCUT2D eigenvalue weighted by atomic mass is 19.5. The molecule has 0 amide bonds. The van der Waals surface area contributed by atoms with E-state index in [-0.39, 0.29) is 0 Å². The van der Waals surface area contributed by atoms with Crippen molar-refractivity contribution in [2.45, 2.75) is 0 Å². The van der Waals surface area contributed by atoms with E-state index in [4.69, 9.17) is 0 Å². The van der Waals surface area contributed by atoms with Crippen LogP contribution in [0, 0.1) is 0 Å². The van der Waals surface area contributed by atoms with Crippen molar-refractivity contribution in [1.82, 2.24) is 5.43 Å². The van der Waals surface area contributed by atoms with Crippen molar-refractivity contribution in [2.75, 3.05) is 7.05 Å². The Morgan fingerprint density at radius 1 is 1.07 bits per heavy atom. The molecule has 1 rings (SSSR count). The van der Waals surface area contributed by atoms with Gasteiger partial charge in [-0.05, 0) is 0 Å². The number of halogens is 4. The Morgan fingerprint density at radius 3 is 1.93 bits per heavy atom. The number of hydrogen-bond donors (Lipinski definition) is 1. The second-order valence-electron chi connectivity index (χ2n) is 2.25. The summed E-state index contributed by atoms with van der Waals surface area (Å²) < 4.78 is 39.0. The molecule has 0 aromatic heterocycles. The van der Waals surface area contributed by atoms with Crippen molar-refractivity contribution in [1.29, 1.82) is 0 Å². The molecular formula is C7H9BF4N3+. The van der Waals surface area contributed by atoms with Gasteiger partial charge in [-0.2, -0.15) is 0 Å². The largest absolute Gasteiger partial charge is 0.673 e. The number of benzene rings is 1. The molecule has 0 saturated heterocycles. The molecule has 82 valence electrons. The van der Waals surface area contributed by atoms with E-state index in [1.54, 1.807) is 7.05 Å². The first-order chi connectivity index (χ1) is 6.93. The fourth-order valence-electron chi connectivity index (χ4n) is 0.602. The Hall–Kier alpha value is -1.78. The molecule has 8 heteroatoms. The van der Waals surface area contributed by atoms with Crippen LogP contribution in [0.2, 0.25) is 0 Å². The Balaban J connectivity index is 0.000000336. The summed E-state index contributed by atoms with van der Waals surface area (Å²) in [6, 6.07) is 9.56. The maximum absolute atomic E-state index is 9.75. The summed E-state index contributed by atoms with van der Waals surface area (Å²) >= 11 is 0. The van der Waals surface area contributed by atoms with Gasteiger partial charge in [0, 0.05) is 12.1 Å². The molecule has 0 bridgehead atoms. The van der Waals surface area contributed by atoms with Gasteiger partial charge in [-0.1, -0.05) is 18.2 Å². The number of nitrogens with zero attached hydrogens (tertiary/aromatic N) is 2. The summed E-state index contributed by atoms with van der Waals surface area (Å²) in [5.74, 6) is 0. The summed E-state index contributed by atoms with van der Waals surface area (Å²) in [4.78, 5) is 3.84. The molecular weight excluding hydrogens is 213 g/mol. The summed E-state index contributed by atoms with van der Waals surface area (Å²) in [6.07, 6.45) is 0. The van der Waals surface area contributed by atoms with Gasteiger partial charge in [-0.15, -0.1) is 0 Å². The first-order valence-corrected chi connectivity index (χ1v) is 3.93. The molecule has 0 unspecified atom stereocenters. The van der Waals surface area contributed by atoms with Crippen molar-refractivity contribution in [3.63, 3.8) is 0 Å². The summed E-state index contributed by atoms with van der Waals surface area (Å²) in [5, 5.41) is 3.62. The fourth-order valence-corrected chi connectivity index (χ4v) is 0.602. The van der Waals surface area contributed by atoms with Gasteiger partial charge in [0.2, 0.25) is 0 Å². The lowest BCUT2D eigenvalue weighted by atomic mass is 10.3. The Kier molecular flexibility index (Phi) is 5.86. The zero-order valence-corrected chi connectivity index (χ0v) is 7.87. The standard InChI is InChI=1S/C7H9N3.BF4/c1-8-10-9-7-5-3-2-4-6-7;2-1(3,4)5/h2-6,8H,1H3;/q+2;-1. The van der Waals surface area contributed by atoms with Crippen molar-refractivity contribution in [2.24, 2.45) is 0 Å². The maximum atomic E-state index is 9.75. The third kappa shape index (κ3) is 12.2. The average molecular weight is 222 g/mol. The van der Waals surface area contributed by atoms with E-state index >= 15 is 0 Å².